The Labute approximate surface area is 279 Å². The van der Waals surface area contributed by atoms with Crippen molar-refractivity contribution in [3.63, 3.8) is 0 Å². The first kappa shape index (κ1) is 34.4. The minimum absolute atomic E-state index is 0.152. The number of aryl methyl sites for hydroxylation is 2. The van der Waals surface area contributed by atoms with Crippen LogP contribution in [0.15, 0.2) is 48.7 Å². The molecule has 4 aromatic rings. The molecule has 1 fully saturated rings. The monoisotopic (exact) mass is 658 g/mol. The minimum Gasteiger partial charge on any atom is -0.497 e. The molecule has 0 atom stereocenters. The van der Waals surface area contributed by atoms with E-state index in [-0.39, 0.29) is 12.3 Å². The maximum atomic E-state index is 13.0. The van der Waals surface area contributed by atoms with Gasteiger partial charge in [0.2, 0.25) is 0 Å². The van der Waals surface area contributed by atoms with Crippen LogP contribution < -0.4 is 14.4 Å². The molecular weight excluding hydrogens is 609 g/mol. The Hall–Kier alpha value is -3.89. The molecule has 0 aliphatic carbocycles. The van der Waals surface area contributed by atoms with Crippen molar-refractivity contribution in [1.82, 2.24) is 14.5 Å². The van der Waals surface area contributed by atoms with Crippen molar-refractivity contribution in [3.8, 4) is 22.8 Å². The van der Waals surface area contributed by atoms with Crippen LogP contribution in [0.4, 0.5) is 5.69 Å². The van der Waals surface area contributed by atoms with Crippen LogP contribution in [0, 0.1) is 5.92 Å². The number of aromatic nitrogens is 3. The van der Waals surface area contributed by atoms with Crippen molar-refractivity contribution < 1.29 is 24.1 Å². The summed E-state index contributed by atoms with van der Waals surface area (Å²) in [5, 5.41) is 10.6. The molecule has 1 saturated heterocycles. The highest BCUT2D eigenvalue weighted by Crippen LogP contribution is 2.35. The molecule has 1 aliphatic rings. The van der Waals surface area contributed by atoms with Crippen molar-refractivity contribution in [2.24, 2.45) is 5.92 Å². The van der Waals surface area contributed by atoms with Gasteiger partial charge in [-0.1, -0.05) is 51.5 Å². The average molecular weight is 659 g/mol. The largest absolute Gasteiger partial charge is 0.497 e. The van der Waals surface area contributed by atoms with Gasteiger partial charge < -0.3 is 24.2 Å². The Morgan fingerprint density at radius 2 is 1.68 bits per heavy atom. The summed E-state index contributed by atoms with van der Waals surface area (Å²) < 4.78 is 18.9. The predicted octanol–water partition coefficient (Wildman–Crippen LogP) is 7.93. The molecule has 2 aromatic heterocycles. The molecule has 0 saturated carbocycles. The molecule has 1 N–H and O–H groups in total. The standard InChI is InChI=1S/C37H50N4O5Si/c1-7-8-26-15-17-40(18-16-26)30-13-10-28(11-14-30)35-33(37(42)43)34-36(41(35)25-46-19-20-47(4,5)6)38-24-29(39-34)12-9-27-21-31(44-2)23-32(22-27)45-3/h10-11,13-14,21-24,26H,7-9,12,15-20,25H2,1-6H3,(H,42,43). The Balaban J connectivity index is 1.47. The smallest absolute Gasteiger partial charge is 0.340 e. The van der Waals surface area contributed by atoms with Gasteiger partial charge in [-0.15, -0.1) is 0 Å². The average Bonchev–Trinajstić information content (AvgIpc) is 3.39. The number of hydrogen-bond acceptors (Lipinski definition) is 7. The number of carbonyl (C=O) groups is 1. The maximum absolute atomic E-state index is 13.0. The first-order chi connectivity index (χ1) is 22.6. The summed E-state index contributed by atoms with van der Waals surface area (Å²) in [6.07, 6.45) is 7.97. The number of ether oxygens (including phenoxy) is 3. The molecule has 252 valence electrons. The molecular formula is C37H50N4O5Si. The first-order valence-electron chi connectivity index (χ1n) is 16.9. The van der Waals surface area contributed by atoms with Gasteiger partial charge in [0.1, 0.15) is 29.3 Å². The van der Waals surface area contributed by atoms with E-state index in [9.17, 15) is 9.90 Å². The number of carboxylic acids is 1. The van der Waals surface area contributed by atoms with Crippen LogP contribution in [-0.2, 0) is 24.3 Å². The molecule has 0 unspecified atom stereocenters. The number of aromatic carboxylic acids is 1. The lowest BCUT2D eigenvalue weighted by atomic mass is 9.92. The van der Waals surface area contributed by atoms with Crippen LogP contribution in [0.5, 0.6) is 11.5 Å². The molecule has 2 aromatic carbocycles. The maximum Gasteiger partial charge on any atom is 0.340 e. The van der Waals surface area contributed by atoms with Crippen LogP contribution in [0.2, 0.25) is 25.7 Å². The molecule has 0 radical (unpaired) electrons. The van der Waals surface area contributed by atoms with Crippen LogP contribution in [0.3, 0.4) is 0 Å². The summed E-state index contributed by atoms with van der Waals surface area (Å²) in [7, 11) is 1.96. The van der Waals surface area contributed by atoms with Crippen LogP contribution in [-0.4, -0.2) is 67.6 Å². The predicted molar refractivity (Wildman–Crippen MR) is 191 cm³/mol. The van der Waals surface area contributed by atoms with Gasteiger partial charge in [0.05, 0.1) is 31.8 Å². The second kappa shape index (κ2) is 15.3. The van der Waals surface area contributed by atoms with Gasteiger partial charge in [-0.05, 0) is 73.0 Å². The normalized spacial score (nSPS) is 14.1. The highest BCUT2D eigenvalue weighted by Gasteiger charge is 2.27. The topological polar surface area (TPSA) is 98.9 Å². The molecule has 1 aliphatic heterocycles. The number of benzene rings is 2. The third kappa shape index (κ3) is 8.53. The van der Waals surface area contributed by atoms with Gasteiger partial charge in [-0.2, -0.15) is 0 Å². The lowest BCUT2D eigenvalue weighted by Gasteiger charge is -2.33. The fraction of sp³-hybridized carbons (Fsp3) is 0.486. The van der Waals surface area contributed by atoms with E-state index in [2.05, 4.69) is 43.6 Å². The number of nitrogens with zero attached hydrogens (tertiary/aromatic N) is 4. The minimum atomic E-state index is -1.31. The van der Waals surface area contributed by atoms with E-state index in [0.717, 1.165) is 47.7 Å². The lowest BCUT2D eigenvalue weighted by molar-refractivity contribution is 0.0697. The Morgan fingerprint density at radius 3 is 2.28 bits per heavy atom. The summed E-state index contributed by atoms with van der Waals surface area (Å²) in [4.78, 5) is 25.1. The highest BCUT2D eigenvalue weighted by atomic mass is 28.3. The van der Waals surface area contributed by atoms with E-state index in [4.69, 9.17) is 24.2 Å². The Bertz CT molecular complexity index is 1630. The van der Waals surface area contributed by atoms with E-state index in [1.165, 1.54) is 31.4 Å². The zero-order valence-corrected chi connectivity index (χ0v) is 29.8. The number of methoxy groups -OCH3 is 2. The van der Waals surface area contributed by atoms with Crippen molar-refractivity contribution in [2.75, 3.05) is 38.8 Å². The number of fused-ring (bicyclic) bond motifs is 1. The van der Waals surface area contributed by atoms with Gasteiger partial charge in [-0.3, -0.25) is 4.57 Å². The fourth-order valence-electron chi connectivity index (χ4n) is 6.42. The van der Waals surface area contributed by atoms with E-state index in [1.54, 1.807) is 20.4 Å². The van der Waals surface area contributed by atoms with E-state index >= 15 is 0 Å². The first-order valence-corrected chi connectivity index (χ1v) is 20.6. The van der Waals surface area contributed by atoms with Crippen molar-refractivity contribution in [3.05, 3.63) is 65.5 Å². The Kier molecular flexibility index (Phi) is 11.2. The highest BCUT2D eigenvalue weighted by molar-refractivity contribution is 6.76. The summed E-state index contributed by atoms with van der Waals surface area (Å²) >= 11 is 0. The second-order valence-electron chi connectivity index (χ2n) is 13.8. The molecule has 3 heterocycles. The van der Waals surface area contributed by atoms with Crippen molar-refractivity contribution in [2.45, 2.75) is 77.9 Å². The van der Waals surface area contributed by atoms with Crippen molar-refractivity contribution in [1.29, 1.82) is 0 Å². The molecule has 0 bridgehead atoms. The number of hydrogen-bond donors (Lipinski definition) is 1. The van der Waals surface area contributed by atoms with Gasteiger partial charge >= 0.3 is 5.97 Å². The second-order valence-corrected chi connectivity index (χ2v) is 19.4. The van der Waals surface area contributed by atoms with Crippen LogP contribution >= 0.6 is 0 Å². The molecule has 0 amide bonds. The van der Waals surface area contributed by atoms with Crippen molar-refractivity contribution >= 4 is 30.9 Å². The number of carboxylic acid groups (broad SMARTS) is 1. The zero-order chi connectivity index (χ0) is 33.6. The molecule has 47 heavy (non-hydrogen) atoms. The number of rotatable bonds is 15. The van der Waals surface area contributed by atoms with Gasteiger partial charge in [0.15, 0.2) is 5.65 Å². The molecule has 9 nitrogen and oxygen atoms in total. The third-order valence-corrected chi connectivity index (χ3v) is 10.8. The van der Waals surface area contributed by atoms with E-state index in [1.807, 2.05) is 34.9 Å². The Morgan fingerprint density at radius 1 is 1.00 bits per heavy atom. The van der Waals surface area contributed by atoms with Gasteiger partial charge in [0, 0.05) is 39.5 Å². The zero-order valence-electron chi connectivity index (χ0n) is 28.8. The number of piperidine rings is 1. The fourth-order valence-corrected chi connectivity index (χ4v) is 7.18. The van der Waals surface area contributed by atoms with E-state index in [0.29, 0.717) is 42.0 Å². The summed E-state index contributed by atoms with van der Waals surface area (Å²) in [6, 6.07) is 15.1. The third-order valence-electron chi connectivity index (χ3n) is 9.13. The van der Waals surface area contributed by atoms with E-state index < -0.39 is 14.0 Å². The molecule has 0 spiro atoms. The molecule has 5 rings (SSSR count). The summed E-state index contributed by atoms with van der Waals surface area (Å²) in [5.41, 5.74) is 5.34. The SMILES string of the molecule is CCCC1CCN(c2ccc(-c3c(C(=O)O)c4nc(CCc5cc(OC)cc(OC)c5)cnc4n3COCC[Si](C)(C)C)cc2)CC1. The van der Waals surface area contributed by atoms with Gasteiger partial charge in [-0.25, -0.2) is 14.8 Å². The quantitative estimate of drug-likeness (QED) is 0.102. The summed E-state index contributed by atoms with van der Waals surface area (Å²) in [6.45, 7) is 12.1. The van der Waals surface area contributed by atoms with Gasteiger partial charge in [0.25, 0.3) is 0 Å². The number of anilines is 1. The lowest BCUT2D eigenvalue weighted by Crippen LogP contribution is -2.33. The summed E-state index contributed by atoms with van der Waals surface area (Å²) in [5.74, 6) is 1.22. The van der Waals surface area contributed by atoms with Crippen LogP contribution in [0.1, 0.15) is 54.2 Å². The van der Waals surface area contributed by atoms with Crippen LogP contribution in [0.25, 0.3) is 22.4 Å². The molecule has 10 heteroatoms.